The van der Waals surface area contributed by atoms with Crippen molar-refractivity contribution in [2.75, 3.05) is 39.0 Å². The molecule has 1 saturated heterocycles. The quantitative estimate of drug-likeness (QED) is 0.862. The van der Waals surface area contributed by atoms with E-state index in [1.54, 1.807) is 0 Å². The largest absolute Gasteiger partial charge is 0.373 e. The van der Waals surface area contributed by atoms with Crippen molar-refractivity contribution in [1.82, 2.24) is 19.8 Å². The van der Waals surface area contributed by atoms with Crippen molar-refractivity contribution >= 4 is 11.7 Å². The van der Waals surface area contributed by atoms with E-state index in [1.165, 1.54) is 43.4 Å². The van der Waals surface area contributed by atoms with Crippen LogP contribution in [0.2, 0.25) is 0 Å². The molecule has 0 radical (unpaired) electrons. The van der Waals surface area contributed by atoms with Gasteiger partial charge in [0.1, 0.15) is 11.6 Å². The monoisotopic (exact) mass is 385 g/mol. The highest BCUT2D eigenvalue weighted by atomic mass is 16.2. The highest BCUT2D eigenvalue weighted by molar-refractivity contribution is 5.76. The van der Waals surface area contributed by atoms with Crippen LogP contribution in [0.25, 0.3) is 0 Å². The maximum atomic E-state index is 12.9. The molecule has 4 rings (SSSR count). The van der Waals surface area contributed by atoms with Gasteiger partial charge < -0.3 is 15.1 Å². The second-order valence-electron chi connectivity index (χ2n) is 8.98. The van der Waals surface area contributed by atoms with Gasteiger partial charge in [-0.05, 0) is 38.6 Å². The molecule has 0 spiro atoms. The number of hydrogen-bond donors (Lipinski definition) is 1. The Bertz CT molecular complexity index is 683. The number of likely N-dealkylation sites (N-methyl/N-ethyl adjacent to an activating group) is 1. The average Bonchev–Trinajstić information content (AvgIpc) is 2.73. The van der Waals surface area contributed by atoms with Crippen LogP contribution in [0.1, 0.15) is 74.4 Å². The second kappa shape index (κ2) is 8.76. The Kier molecular flexibility index (Phi) is 6.14. The predicted molar refractivity (Wildman–Crippen MR) is 111 cm³/mol. The fraction of sp³-hybridized carbons (Fsp3) is 0.773. The summed E-state index contributed by atoms with van der Waals surface area (Å²) < 4.78 is 0. The fourth-order valence-corrected chi connectivity index (χ4v) is 5.14. The lowest BCUT2D eigenvalue weighted by Gasteiger charge is -2.34. The molecule has 0 unspecified atom stereocenters. The minimum Gasteiger partial charge on any atom is -0.373 e. The summed E-state index contributed by atoms with van der Waals surface area (Å²) in [7, 11) is 4.09. The van der Waals surface area contributed by atoms with E-state index in [0.29, 0.717) is 11.8 Å². The molecule has 6 nitrogen and oxygen atoms in total. The van der Waals surface area contributed by atoms with Crippen LogP contribution in [0.5, 0.6) is 0 Å². The first kappa shape index (κ1) is 19.6. The predicted octanol–water partition coefficient (Wildman–Crippen LogP) is 3.18. The van der Waals surface area contributed by atoms with Crippen molar-refractivity contribution in [3.63, 3.8) is 0 Å². The number of carbonyl (C=O) groups is 1. The minimum atomic E-state index is 0.265. The van der Waals surface area contributed by atoms with E-state index in [2.05, 4.69) is 22.2 Å². The first-order valence-corrected chi connectivity index (χ1v) is 11.2. The average molecular weight is 386 g/mol. The van der Waals surface area contributed by atoms with E-state index in [4.69, 9.17) is 9.97 Å². The van der Waals surface area contributed by atoms with Gasteiger partial charge in [0.05, 0.1) is 5.69 Å². The lowest BCUT2D eigenvalue weighted by atomic mass is 9.86. The van der Waals surface area contributed by atoms with E-state index in [9.17, 15) is 4.79 Å². The number of nitrogens with one attached hydrogen (secondary N) is 1. The van der Waals surface area contributed by atoms with Gasteiger partial charge in [-0.25, -0.2) is 9.97 Å². The van der Waals surface area contributed by atoms with Gasteiger partial charge in [0, 0.05) is 57.5 Å². The molecule has 3 heterocycles. The Labute approximate surface area is 169 Å². The standard InChI is InChI=1S/C22H35N5O/c1-23-22-18-15-26(2)12-10-19(18)24-21(25-22)17-9-6-11-27(14-17)20(28)13-16-7-4-3-5-8-16/h16-17H,3-15H2,1-2H3,(H,23,24,25)/t17-/m0/s1. The maximum absolute atomic E-state index is 12.9. The Hall–Kier alpha value is -1.69. The highest BCUT2D eigenvalue weighted by Gasteiger charge is 2.30. The summed E-state index contributed by atoms with van der Waals surface area (Å²) in [4.78, 5) is 27.2. The van der Waals surface area contributed by atoms with E-state index in [1.807, 2.05) is 7.05 Å². The number of fused-ring (bicyclic) bond motifs is 1. The Morgan fingerprint density at radius 1 is 1.11 bits per heavy atom. The van der Waals surface area contributed by atoms with Crippen LogP contribution in [0.15, 0.2) is 0 Å². The second-order valence-corrected chi connectivity index (χ2v) is 8.98. The number of piperidine rings is 1. The third-order valence-corrected chi connectivity index (χ3v) is 6.83. The summed E-state index contributed by atoms with van der Waals surface area (Å²) in [5.74, 6) is 3.13. The van der Waals surface area contributed by atoms with Crippen LogP contribution >= 0.6 is 0 Å². The number of amides is 1. The van der Waals surface area contributed by atoms with Gasteiger partial charge in [-0.15, -0.1) is 0 Å². The van der Waals surface area contributed by atoms with Gasteiger partial charge in [-0.1, -0.05) is 19.3 Å². The summed E-state index contributed by atoms with van der Waals surface area (Å²) in [6, 6.07) is 0. The molecule has 154 valence electrons. The normalized spacial score (nSPS) is 24.1. The van der Waals surface area contributed by atoms with Gasteiger partial charge >= 0.3 is 0 Å². The number of anilines is 1. The number of likely N-dealkylation sites (tertiary alicyclic amines) is 1. The topological polar surface area (TPSA) is 61.4 Å². The number of rotatable bonds is 4. The summed E-state index contributed by atoms with van der Waals surface area (Å²) in [6.45, 7) is 3.63. The minimum absolute atomic E-state index is 0.265. The van der Waals surface area contributed by atoms with E-state index < -0.39 is 0 Å². The Morgan fingerprint density at radius 2 is 1.93 bits per heavy atom. The Balaban J connectivity index is 1.46. The van der Waals surface area contributed by atoms with Gasteiger partial charge in [0.15, 0.2) is 0 Å². The van der Waals surface area contributed by atoms with E-state index in [-0.39, 0.29) is 5.92 Å². The van der Waals surface area contributed by atoms with E-state index >= 15 is 0 Å². The van der Waals surface area contributed by atoms with Gasteiger partial charge in [0.2, 0.25) is 5.91 Å². The Morgan fingerprint density at radius 3 is 2.71 bits per heavy atom. The molecule has 1 N–H and O–H groups in total. The van der Waals surface area contributed by atoms with Crippen LogP contribution in [-0.2, 0) is 17.8 Å². The van der Waals surface area contributed by atoms with Crippen molar-refractivity contribution in [3.05, 3.63) is 17.1 Å². The first-order valence-electron chi connectivity index (χ1n) is 11.2. The van der Waals surface area contributed by atoms with Crippen LogP contribution < -0.4 is 5.32 Å². The lowest BCUT2D eigenvalue weighted by Crippen LogP contribution is -2.40. The molecule has 28 heavy (non-hydrogen) atoms. The molecule has 0 bridgehead atoms. The number of nitrogens with zero attached hydrogens (tertiary/aromatic N) is 4. The van der Waals surface area contributed by atoms with Crippen molar-refractivity contribution in [2.45, 2.75) is 70.3 Å². The molecule has 1 saturated carbocycles. The molecule has 3 aliphatic rings. The number of carbonyl (C=O) groups excluding carboxylic acids is 1. The van der Waals surface area contributed by atoms with Crippen molar-refractivity contribution in [3.8, 4) is 0 Å². The molecule has 1 aliphatic carbocycles. The van der Waals surface area contributed by atoms with Crippen molar-refractivity contribution < 1.29 is 4.79 Å². The molecular formula is C22H35N5O. The van der Waals surface area contributed by atoms with Gasteiger partial charge in [-0.3, -0.25) is 4.79 Å². The van der Waals surface area contributed by atoms with E-state index in [0.717, 1.165) is 63.5 Å². The number of aromatic nitrogens is 2. The number of hydrogen-bond acceptors (Lipinski definition) is 5. The molecule has 2 fully saturated rings. The lowest BCUT2D eigenvalue weighted by molar-refractivity contribution is -0.133. The molecule has 0 aromatic carbocycles. The third-order valence-electron chi connectivity index (χ3n) is 6.83. The molecule has 1 aromatic rings. The van der Waals surface area contributed by atoms with Crippen LogP contribution in [-0.4, -0.2) is 59.4 Å². The van der Waals surface area contributed by atoms with Gasteiger partial charge in [0.25, 0.3) is 0 Å². The van der Waals surface area contributed by atoms with Gasteiger partial charge in [-0.2, -0.15) is 0 Å². The zero-order valence-corrected chi connectivity index (χ0v) is 17.5. The molecular weight excluding hydrogens is 350 g/mol. The summed E-state index contributed by atoms with van der Waals surface area (Å²) in [6.07, 6.45) is 10.3. The fourth-order valence-electron chi connectivity index (χ4n) is 5.14. The summed E-state index contributed by atoms with van der Waals surface area (Å²) >= 11 is 0. The molecule has 6 heteroatoms. The summed E-state index contributed by atoms with van der Waals surface area (Å²) in [5.41, 5.74) is 2.43. The maximum Gasteiger partial charge on any atom is 0.222 e. The molecule has 1 aromatic heterocycles. The van der Waals surface area contributed by atoms with Crippen LogP contribution in [0.4, 0.5) is 5.82 Å². The van der Waals surface area contributed by atoms with Crippen molar-refractivity contribution in [2.24, 2.45) is 5.92 Å². The summed E-state index contributed by atoms with van der Waals surface area (Å²) in [5, 5.41) is 3.28. The first-order chi connectivity index (χ1) is 13.6. The van der Waals surface area contributed by atoms with Crippen LogP contribution in [0, 0.1) is 5.92 Å². The molecule has 2 aliphatic heterocycles. The highest BCUT2D eigenvalue weighted by Crippen LogP contribution is 2.31. The third kappa shape index (κ3) is 4.32. The SMILES string of the molecule is CNc1nc([C@H]2CCCN(C(=O)CC3CCCCC3)C2)nc2c1CN(C)CC2. The smallest absolute Gasteiger partial charge is 0.222 e. The van der Waals surface area contributed by atoms with Crippen LogP contribution in [0.3, 0.4) is 0 Å². The molecule has 1 atom stereocenters. The zero-order chi connectivity index (χ0) is 19.5. The zero-order valence-electron chi connectivity index (χ0n) is 17.5. The molecule has 1 amide bonds. The van der Waals surface area contributed by atoms with Crippen molar-refractivity contribution in [1.29, 1.82) is 0 Å².